The van der Waals surface area contributed by atoms with Gasteiger partial charge in [0.15, 0.2) is 5.96 Å². The van der Waals surface area contributed by atoms with Crippen LogP contribution in [0.3, 0.4) is 0 Å². The number of non-ortho nitro benzene ring substituents is 1. The van der Waals surface area contributed by atoms with Crippen LogP contribution in [-0.4, -0.2) is 85.1 Å². The summed E-state index contributed by atoms with van der Waals surface area (Å²) in [4.78, 5) is 31.7. The van der Waals surface area contributed by atoms with E-state index in [9.17, 15) is 14.9 Å². The Bertz CT molecular complexity index is 784. The Morgan fingerprint density at radius 3 is 2.56 bits per heavy atom. The average molecular weight is 447 g/mol. The molecule has 2 aliphatic heterocycles. The monoisotopic (exact) mass is 446 g/mol. The second-order valence-corrected chi connectivity index (χ2v) is 8.66. The predicted molar refractivity (Wildman–Crippen MR) is 122 cm³/mol. The number of nitrogens with one attached hydrogen (secondary N) is 2. The molecule has 10 nitrogen and oxygen atoms in total. The molecule has 0 saturated carbocycles. The van der Waals surface area contributed by atoms with Gasteiger partial charge in [-0.2, -0.15) is 0 Å². The van der Waals surface area contributed by atoms with E-state index in [-0.39, 0.29) is 17.6 Å². The van der Waals surface area contributed by atoms with Gasteiger partial charge in [0.1, 0.15) is 0 Å². The van der Waals surface area contributed by atoms with Gasteiger partial charge in [-0.1, -0.05) is 12.1 Å². The van der Waals surface area contributed by atoms with Crippen LogP contribution in [0.2, 0.25) is 0 Å². The molecular weight excluding hydrogens is 412 g/mol. The minimum absolute atomic E-state index is 0.0554. The molecule has 2 fully saturated rings. The Labute approximate surface area is 189 Å². The summed E-state index contributed by atoms with van der Waals surface area (Å²) < 4.78 is 5.48. The number of hydrogen-bond donors (Lipinski definition) is 2. The van der Waals surface area contributed by atoms with Crippen molar-refractivity contribution in [1.82, 2.24) is 20.4 Å². The van der Waals surface area contributed by atoms with Gasteiger partial charge in [0.2, 0.25) is 5.91 Å². The number of nitrogens with zero attached hydrogens (tertiary/aromatic N) is 4. The molecular formula is C22H34N6O4. The van der Waals surface area contributed by atoms with Crippen molar-refractivity contribution in [3.8, 4) is 0 Å². The molecule has 1 atom stereocenters. The Kier molecular flexibility index (Phi) is 8.81. The zero-order valence-electron chi connectivity index (χ0n) is 19.0. The molecule has 3 rings (SSSR count). The molecule has 32 heavy (non-hydrogen) atoms. The fourth-order valence-electron chi connectivity index (χ4n) is 3.83. The van der Waals surface area contributed by atoms with Crippen molar-refractivity contribution >= 4 is 17.6 Å². The van der Waals surface area contributed by atoms with Crippen LogP contribution >= 0.6 is 0 Å². The van der Waals surface area contributed by atoms with Crippen molar-refractivity contribution in [1.29, 1.82) is 0 Å². The second-order valence-electron chi connectivity index (χ2n) is 8.66. The fraction of sp³-hybridized carbons (Fsp3) is 0.636. The number of rotatable bonds is 8. The van der Waals surface area contributed by atoms with Crippen molar-refractivity contribution in [3.05, 3.63) is 39.9 Å². The highest BCUT2D eigenvalue weighted by atomic mass is 16.6. The van der Waals surface area contributed by atoms with Gasteiger partial charge in [-0.25, -0.2) is 4.99 Å². The van der Waals surface area contributed by atoms with E-state index in [4.69, 9.17) is 9.73 Å². The summed E-state index contributed by atoms with van der Waals surface area (Å²) in [7, 11) is 0. The number of aliphatic imine (C=N–C) groups is 1. The number of nitro benzene ring substituents is 1. The van der Waals surface area contributed by atoms with Gasteiger partial charge in [0, 0.05) is 63.4 Å². The van der Waals surface area contributed by atoms with Crippen molar-refractivity contribution in [2.45, 2.75) is 32.9 Å². The Morgan fingerprint density at radius 2 is 1.97 bits per heavy atom. The second kappa shape index (κ2) is 11.8. The summed E-state index contributed by atoms with van der Waals surface area (Å²) in [5.74, 6) is 1.36. The molecule has 10 heteroatoms. The van der Waals surface area contributed by atoms with Gasteiger partial charge in [-0.15, -0.1) is 0 Å². The fourth-order valence-corrected chi connectivity index (χ4v) is 3.83. The lowest BCUT2D eigenvalue weighted by atomic mass is 10.1. The molecule has 1 aromatic rings. The van der Waals surface area contributed by atoms with Crippen LogP contribution < -0.4 is 10.6 Å². The maximum atomic E-state index is 12.1. The van der Waals surface area contributed by atoms with E-state index in [2.05, 4.69) is 20.4 Å². The number of piperazine rings is 1. The summed E-state index contributed by atoms with van der Waals surface area (Å²) >= 11 is 0. The molecule has 0 spiro atoms. The Hall–Kier alpha value is -2.72. The first-order valence-electron chi connectivity index (χ1n) is 11.3. The molecule has 2 N–H and O–H groups in total. The van der Waals surface area contributed by atoms with Crippen LogP contribution in [-0.2, 0) is 16.1 Å². The molecule has 2 saturated heterocycles. The van der Waals surface area contributed by atoms with E-state index in [1.54, 1.807) is 12.1 Å². The van der Waals surface area contributed by atoms with Crippen LogP contribution in [0.25, 0.3) is 0 Å². The first-order chi connectivity index (χ1) is 15.4. The molecule has 1 unspecified atom stereocenters. The number of benzene rings is 1. The summed E-state index contributed by atoms with van der Waals surface area (Å²) in [6.45, 7) is 10.3. The standard InChI is InChI=1S/C22H34N6O4/c1-17(2)25-21(29)15-26-8-10-27(11-9-26)22(24-14-19-7-12-32-16-19)23-13-18-3-5-20(6-4-18)28(30)31/h3-6,17,19H,7-16H2,1-2H3,(H,23,24)(H,25,29). The molecule has 2 aliphatic rings. The number of carbonyl (C=O) groups is 1. The third kappa shape index (κ3) is 7.45. The lowest BCUT2D eigenvalue weighted by molar-refractivity contribution is -0.384. The van der Waals surface area contributed by atoms with Crippen LogP contribution in [0.5, 0.6) is 0 Å². The van der Waals surface area contributed by atoms with Gasteiger partial charge < -0.3 is 20.3 Å². The molecule has 1 amide bonds. The third-order valence-corrected chi connectivity index (χ3v) is 5.62. The van der Waals surface area contributed by atoms with Crippen molar-refractivity contribution in [2.75, 3.05) is 52.5 Å². The predicted octanol–water partition coefficient (Wildman–Crippen LogP) is 1.22. The van der Waals surface area contributed by atoms with E-state index in [0.717, 1.165) is 63.9 Å². The highest BCUT2D eigenvalue weighted by molar-refractivity contribution is 5.80. The highest BCUT2D eigenvalue weighted by Gasteiger charge is 2.23. The Balaban J connectivity index is 1.58. The van der Waals surface area contributed by atoms with Crippen molar-refractivity contribution in [3.63, 3.8) is 0 Å². The van der Waals surface area contributed by atoms with Gasteiger partial charge >= 0.3 is 0 Å². The number of guanidine groups is 1. The number of nitro groups is 1. The van der Waals surface area contributed by atoms with Crippen LogP contribution in [0.1, 0.15) is 25.8 Å². The normalized spacial score (nSPS) is 19.9. The highest BCUT2D eigenvalue weighted by Crippen LogP contribution is 2.14. The van der Waals surface area contributed by atoms with E-state index >= 15 is 0 Å². The maximum absolute atomic E-state index is 12.1. The lowest BCUT2D eigenvalue weighted by Gasteiger charge is -2.36. The van der Waals surface area contributed by atoms with E-state index in [1.807, 2.05) is 13.8 Å². The largest absolute Gasteiger partial charge is 0.381 e. The van der Waals surface area contributed by atoms with E-state index < -0.39 is 4.92 Å². The summed E-state index contributed by atoms with van der Waals surface area (Å²) in [6.07, 6.45) is 1.04. The number of amides is 1. The van der Waals surface area contributed by atoms with Crippen molar-refractivity contribution < 1.29 is 14.5 Å². The van der Waals surface area contributed by atoms with E-state index in [0.29, 0.717) is 19.0 Å². The first kappa shape index (κ1) is 23.9. The molecule has 0 aromatic heterocycles. The topological polar surface area (TPSA) is 112 Å². The van der Waals surface area contributed by atoms with Crippen LogP contribution in [0, 0.1) is 16.0 Å². The molecule has 1 aromatic carbocycles. The summed E-state index contributed by atoms with van der Waals surface area (Å²) in [5, 5.41) is 17.3. The van der Waals surface area contributed by atoms with Gasteiger partial charge in [-0.05, 0) is 25.8 Å². The van der Waals surface area contributed by atoms with Crippen LogP contribution in [0.4, 0.5) is 5.69 Å². The minimum Gasteiger partial charge on any atom is -0.381 e. The van der Waals surface area contributed by atoms with Crippen molar-refractivity contribution in [2.24, 2.45) is 10.9 Å². The maximum Gasteiger partial charge on any atom is 0.269 e. The Morgan fingerprint density at radius 1 is 1.25 bits per heavy atom. The first-order valence-corrected chi connectivity index (χ1v) is 11.3. The van der Waals surface area contributed by atoms with E-state index in [1.165, 1.54) is 12.1 Å². The minimum atomic E-state index is -0.398. The number of ether oxygens (including phenoxy) is 1. The van der Waals surface area contributed by atoms with Gasteiger partial charge in [0.25, 0.3) is 5.69 Å². The molecule has 0 bridgehead atoms. The summed E-state index contributed by atoms with van der Waals surface area (Å²) in [6, 6.07) is 6.65. The molecule has 2 heterocycles. The van der Waals surface area contributed by atoms with Gasteiger partial charge in [0.05, 0.1) is 24.6 Å². The van der Waals surface area contributed by atoms with Gasteiger partial charge in [-0.3, -0.25) is 19.8 Å². The molecule has 0 aliphatic carbocycles. The zero-order valence-corrected chi connectivity index (χ0v) is 19.0. The summed E-state index contributed by atoms with van der Waals surface area (Å²) in [5.41, 5.74) is 0.998. The lowest BCUT2D eigenvalue weighted by Crippen LogP contribution is -2.54. The SMILES string of the molecule is CC(C)NC(=O)CN1CCN(C(=NCc2ccc([N+](=O)[O-])cc2)NCC2CCOC2)CC1. The smallest absolute Gasteiger partial charge is 0.269 e. The van der Waals surface area contributed by atoms with Crippen LogP contribution in [0.15, 0.2) is 29.3 Å². The number of hydrogen-bond acceptors (Lipinski definition) is 6. The molecule has 176 valence electrons. The number of carbonyl (C=O) groups excluding carboxylic acids is 1. The molecule has 0 radical (unpaired) electrons. The quantitative estimate of drug-likeness (QED) is 0.267. The zero-order chi connectivity index (χ0) is 22.9. The third-order valence-electron chi connectivity index (χ3n) is 5.62. The average Bonchev–Trinajstić information content (AvgIpc) is 3.28.